The summed E-state index contributed by atoms with van der Waals surface area (Å²) >= 11 is 0. The number of benzene rings is 2. The number of aryl methyl sites for hydroxylation is 1. The molecule has 1 unspecified atom stereocenters. The maximum absolute atomic E-state index is 13.7. The SMILES string of the molecule is CCc1ccc(-n2ncc3c2NC(=O)CC32C(=O)N(CC(N)=O)c3ccccc32)cc1. The van der Waals surface area contributed by atoms with E-state index in [2.05, 4.69) is 17.3 Å². The molecule has 0 aliphatic carbocycles. The second kappa shape index (κ2) is 6.80. The lowest BCUT2D eigenvalue weighted by atomic mass is 9.72. The van der Waals surface area contributed by atoms with Crippen molar-refractivity contribution in [2.75, 3.05) is 16.8 Å². The molecule has 156 valence electrons. The molecule has 1 spiro atoms. The van der Waals surface area contributed by atoms with Crippen LogP contribution in [0.1, 0.15) is 30.0 Å². The summed E-state index contributed by atoms with van der Waals surface area (Å²) in [5, 5.41) is 7.40. The number of para-hydroxylation sites is 1. The highest BCUT2D eigenvalue weighted by Crippen LogP contribution is 2.52. The molecular weight excluding hydrogens is 394 g/mol. The number of hydrogen-bond donors (Lipinski definition) is 2. The Balaban J connectivity index is 1.70. The van der Waals surface area contributed by atoms with Crippen molar-refractivity contribution in [1.82, 2.24) is 9.78 Å². The van der Waals surface area contributed by atoms with Gasteiger partial charge in [0, 0.05) is 17.7 Å². The molecule has 8 nitrogen and oxygen atoms in total. The highest BCUT2D eigenvalue weighted by molar-refractivity contribution is 6.17. The first-order valence-corrected chi connectivity index (χ1v) is 10.1. The van der Waals surface area contributed by atoms with Gasteiger partial charge in [-0.15, -0.1) is 0 Å². The number of anilines is 2. The van der Waals surface area contributed by atoms with Crippen molar-refractivity contribution >= 4 is 29.2 Å². The lowest BCUT2D eigenvalue weighted by molar-refractivity contribution is -0.127. The van der Waals surface area contributed by atoms with Crippen molar-refractivity contribution in [2.45, 2.75) is 25.2 Å². The Bertz CT molecular complexity index is 1230. The van der Waals surface area contributed by atoms with Crippen molar-refractivity contribution in [3.63, 3.8) is 0 Å². The molecule has 3 N–H and O–H groups in total. The van der Waals surface area contributed by atoms with Gasteiger partial charge in [-0.05, 0) is 35.7 Å². The van der Waals surface area contributed by atoms with E-state index in [0.29, 0.717) is 22.6 Å². The molecular formula is C23H21N5O3. The van der Waals surface area contributed by atoms with Crippen molar-refractivity contribution in [3.8, 4) is 5.69 Å². The Morgan fingerprint density at radius 3 is 2.58 bits per heavy atom. The molecule has 0 fully saturated rings. The Hall–Kier alpha value is -3.94. The number of primary amides is 1. The van der Waals surface area contributed by atoms with Gasteiger partial charge in [-0.2, -0.15) is 5.10 Å². The summed E-state index contributed by atoms with van der Waals surface area (Å²) < 4.78 is 1.64. The molecule has 2 aliphatic rings. The second-order valence-electron chi connectivity index (χ2n) is 7.84. The van der Waals surface area contributed by atoms with Gasteiger partial charge in [0.25, 0.3) is 0 Å². The number of nitrogens with one attached hydrogen (secondary N) is 1. The van der Waals surface area contributed by atoms with Gasteiger partial charge in [0.15, 0.2) is 0 Å². The summed E-state index contributed by atoms with van der Waals surface area (Å²) in [6.07, 6.45) is 2.48. The number of carbonyl (C=O) groups excluding carboxylic acids is 3. The van der Waals surface area contributed by atoms with Crippen LogP contribution in [0.5, 0.6) is 0 Å². The molecule has 0 saturated heterocycles. The number of nitrogens with two attached hydrogens (primary N) is 1. The molecule has 1 atom stereocenters. The van der Waals surface area contributed by atoms with Crippen LogP contribution >= 0.6 is 0 Å². The molecule has 2 aromatic carbocycles. The van der Waals surface area contributed by atoms with Crippen LogP contribution in [0, 0.1) is 0 Å². The first-order valence-electron chi connectivity index (χ1n) is 10.1. The molecule has 31 heavy (non-hydrogen) atoms. The van der Waals surface area contributed by atoms with Crippen LogP contribution in [0.25, 0.3) is 5.69 Å². The van der Waals surface area contributed by atoms with E-state index in [1.807, 2.05) is 36.4 Å². The third-order valence-corrected chi connectivity index (χ3v) is 6.08. The number of carbonyl (C=O) groups is 3. The van der Waals surface area contributed by atoms with Crippen LogP contribution in [0.15, 0.2) is 54.7 Å². The van der Waals surface area contributed by atoms with E-state index in [1.54, 1.807) is 23.0 Å². The summed E-state index contributed by atoms with van der Waals surface area (Å²) in [7, 11) is 0. The fraction of sp³-hybridized carbons (Fsp3) is 0.217. The van der Waals surface area contributed by atoms with Crippen LogP contribution in [-0.4, -0.2) is 34.0 Å². The van der Waals surface area contributed by atoms with E-state index < -0.39 is 11.3 Å². The number of nitrogens with zero attached hydrogens (tertiary/aromatic N) is 3. The van der Waals surface area contributed by atoms with Crippen molar-refractivity contribution < 1.29 is 14.4 Å². The minimum absolute atomic E-state index is 0.0639. The van der Waals surface area contributed by atoms with Crippen molar-refractivity contribution in [3.05, 3.63) is 71.4 Å². The van der Waals surface area contributed by atoms with E-state index in [-0.39, 0.29) is 24.8 Å². The topological polar surface area (TPSA) is 110 Å². The first kappa shape index (κ1) is 19.0. The van der Waals surface area contributed by atoms with Crippen LogP contribution < -0.4 is 16.0 Å². The lowest BCUT2D eigenvalue weighted by Crippen LogP contribution is -2.48. The standard InChI is InChI=1S/C23H21N5O3/c1-2-14-7-9-15(10-8-14)28-21-17(12-25-28)23(11-20(30)26-21)16-5-3-4-6-18(16)27(22(23)31)13-19(24)29/h3-10,12H,2,11,13H2,1H3,(H2,24,29)(H,26,30). The van der Waals surface area contributed by atoms with Crippen molar-refractivity contribution in [1.29, 1.82) is 0 Å². The third-order valence-electron chi connectivity index (χ3n) is 6.08. The number of amides is 3. The number of aromatic nitrogens is 2. The zero-order chi connectivity index (χ0) is 21.8. The van der Waals surface area contributed by atoms with Crippen LogP contribution in [0.3, 0.4) is 0 Å². The molecule has 8 heteroatoms. The molecule has 1 aromatic heterocycles. The van der Waals surface area contributed by atoms with Gasteiger partial charge in [0.1, 0.15) is 17.8 Å². The second-order valence-corrected chi connectivity index (χ2v) is 7.84. The average Bonchev–Trinajstić information content (AvgIpc) is 3.28. The molecule has 2 aliphatic heterocycles. The Labute approximate surface area is 178 Å². The van der Waals surface area contributed by atoms with E-state index in [4.69, 9.17) is 5.73 Å². The zero-order valence-corrected chi connectivity index (χ0v) is 17.0. The molecule has 3 heterocycles. The minimum atomic E-state index is -1.24. The summed E-state index contributed by atoms with van der Waals surface area (Å²) in [6.45, 7) is 1.83. The van der Waals surface area contributed by atoms with E-state index >= 15 is 0 Å². The average molecular weight is 415 g/mol. The van der Waals surface area contributed by atoms with Gasteiger partial charge in [0.2, 0.25) is 17.7 Å². The van der Waals surface area contributed by atoms with E-state index in [0.717, 1.165) is 12.1 Å². The van der Waals surface area contributed by atoms with Gasteiger partial charge in [-0.3, -0.25) is 14.4 Å². The lowest BCUT2D eigenvalue weighted by Gasteiger charge is -2.32. The maximum atomic E-state index is 13.7. The largest absolute Gasteiger partial charge is 0.368 e. The molecule has 0 bridgehead atoms. The first-order chi connectivity index (χ1) is 15.0. The number of rotatable bonds is 4. The summed E-state index contributed by atoms with van der Waals surface area (Å²) in [4.78, 5) is 39.6. The Morgan fingerprint density at radius 1 is 1.13 bits per heavy atom. The zero-order valence-electron chi connectivity index (χ0n) is 17.0. The summed E-state index contributed by atoms with van der Waals surface area (Å²) in [5.74, 6) is -0.787. The summed E-state index contributed by atoms with van der Waals surface area (Å²) in [5.41, 5.74) is 8.01. The van der Waals surface area contributed by atoms with Gasteiger partial charge < -0.3 is 16.0 Å². The molecule has 5 rings (SSSR count). The predicted molar refractivity (Wildman–Crippen MR) is 115 cm³/mol. The monoisotopic (exact) mass is 415 g/mol. The van der Waals surface area contributed by atoms with Gasteiger partial charge in [0.05, 0.1) is 11.9 Å². The van der Waals surface area contributed by atoms with Crippen molar-refractivity contribution in [2.24, 2.45) is 5.73 Å². The predicted octanol–water partition coefficient (Wildman–Crippen LogP) is 1.89. The van der Waals surface area contributed by atoms with Gasteiger partial charge >= 0.3 is 0 Å². The highest BCUT2D eigenvalue weighted by Gasteiger charge is 2.57. The fourth-order valence-corrected chi connectivity index (χ4v) is 4.63. The third kappa shape index (κ3) is 2.68. The quantitative estimate of drug-likeness (QED) is 0.678. The van der Waals surface area contributed by atoms with Crippen LogP contribution in [0.2, 0.25) is 0 Å². The number of hydrogen-bond acceptors (Lipinski definition) is 4. The van der Waals surface area contributed by atoms with Gasteiger partial charge in [-0.25, -0.2) is 4.68 Å². The Kier molecular flexibility index (Phi) is 4.18. The summed E-state index contributed by atoms with van der Waals surface area (Å²) in [6, 6.07) is 15.1. The number of fused-ring (bicyclic) bond motifs is 4. The Morgan fingerprint density at radius 2 is 1.87 bits per heavy atom. The molecule has 0 saturated carbocycles. The van der Waals surface area contributed by atoms with Crippen LogP contribution in [0.4, 0.5) is 11.5 Å². The van der Waals surface area contributed by atoms with Gasteiger partial charge in [-0.1, -0.05) is 37.3 Å². The molecule has 0 radical (unpaired) electrons. The normalized spacial score (nSPS) is 19.3. The maximum Gasteiger partial charge on any atom is 0.243 e. The van der Waals surface area contributed by atoms with E-state index in [9.17, 15) is 14.4 Å². The smallest absolute Gasteiger partial charge is 0.243 e. The molecule has 3 aromatic rings. The fourth-order valence-electron chi connectivity index (χ4n) is 4.63. The van der Waals surface area contributed by atoms with E-state index in [1.165, 1.54) is 10.5 Å². The minimum Gasteiger partial charge on any atom is -0.368 e. The van der Waals surface area contributed by atoms with Crippen LogP contribution in [-0.2, 0) is 26.2 Å². The molecule has 3 amide bonds. The highest BCUT2D eigenvalue weighted by atomic mass is 16.2.